The topological polar surface area (TPSA) is 67.1 Å². The Morgan fingerprint density at radius 3 is 3.00 bits per heavy atom. The van der Waals surface area contributed by atoms with Gasteiger partial charge in [-0.15, -0.1) is 0 Å². The lowest BCUT2D eigenvalue weighted by Gasteiger charge is -2.14. The van der Waals surface area contributed by atoms with Crippen molar-refractivity contribution in [2.45, 2.75) is 38.6 Å². The highest BCUT2D eigenvalue weighted by molar-refractivity contribution is 5.35. The van der Waals surface area contributed by atoms with Crippen LogP contribution in [0.3, 0.4) is 0 Å². The Morgan fingerprint density at radius 2 is 2.17 bits per heavy atom. The van der Waals surface area contributed by atoms with Gasteiger partial charge in [0, 0.05) is 24.7 Å². The zero-order chi connectivity index (χ0) is 15.6. The molecule has 2 aliphatic rings. The highest BCUT2D eigenvalue weighted by Gasteiger charge is 2.30. The van der Waals surface area contributed by atoms with E-state index >= 15 is 0 Å². The molecule has 0 radical (unpaired) electrons. The lowest BCUT2D eigenvalue weighted by atomic mass is 10.1. The number of rotatable bonds is 6. The molecule has 1 saturated heterocycles. The maximum absolute atomic E-state index is 5.33. The van der Waals surface area contributed by atoms with Gasteiger partial charge in [-0.25, -0.2) is 4.98 Å². The first-order valence-corrected chi connectivity index (χ1v) is 8.48. The first kappa shape index (κ1) is 14.6. The van der Waals surface area contributed by atoms with Gasteiger partial charge in [-0.2, -0.15) is 4.98 Å². The van der Waals surface area contributed by atoms with Crippen LogP contribution in [0.5, 0.6) is 0 Å². The van der Waals surface area contributed by atoms with Crippen molar-refractivity contribution in [1.82, 2.24) is 20.0 Å². The second-order valence-electron chi connectivity index (χ2n) is 6.76. The summed E-state index contributed by atoms with van der Waals surface area (Å²) in [7, 11) is 0. The van der Waals surface area contributed by atoms with Crippen LogP contribution in [0.4, 0.5) is 5.82 Å². The minimum absolute atomic E-state index is 0.536. The van der Waals surface area contributed by atoms with Crippen LogP contribution in [-0.2, 0) is 6.54 Å². The van der Waals surface area contributed by atoms with Crippen molar-refractivity contribution < 1.29 is 4.52 Å². The van der Waals surface area contributed by atoms with E-state index in [2.05, 4.69) is 25.3 Å². The van der Waals surface area contributed by atoms with E-state index in [0.29, 0.717) is 11.8 Å². The molecule has 1 saturated carbocycles. The normalized spacial score (nSPS) is 21.7. The van der Waals surface area contributed by atoms with E-state index < -0.39 is 0 Å². The van der Waals surface area contributed by atoms with Crippen molar-refractivity contribution in [1.29, 1.82) is 0 Å². The van der Waals surface area contributed by atoms with Gasteiger partial charge >= 0.3 is 0 Å². The number of nitrogens with zero attached hydrogens (tertiary/aromatic N) is 4. The molecular formula is C17H23N5O. The molecule has 0 spiro atoms. The lowest BCUT2D eigenvalue weighted by Crippen LogP contribution is -2.23. The molecule has 2 aromatic rings. The lowest BCUT2D eigenvalue weighted by molar-refractivity contribution is 0.300. The van der Waals surface area contributed by atoms with E-state index in [1.165, 1.54) is 19.3 Å². The van der Waals surface area contributed by atoms with E-state index in [9.17, 15) is 0 Å². The van der Waals surface area contributed by atoms with Crippen LogP contribution in [0.25, 0.3) is 0 Å². The third-order valence-electron chi connectivity index (χ3n) is 4.61. The molecule has 3 heterocycles. The van der Waals surface area contributed by atoms with Crippen molar-refractivity contribution in [2.75, 3.05) is 25.0 Å². The molecule has 23 heavy (non-hydrogen) atoms. The van der Waals surface area contributed by atoms with E-state index in [1.54, 1.807) is 0 Å². The van der Waals surface area contributed by atoms with Crippen molar-refractivity contribution in [2.24, 2.45) is 5.92 Å². The van der Waals surface area contributed by atoms with Gasteiger partial charge in [-0.1, -0.05) is 11.2 Å². The summed E-state index contributed by atoms with van der Waals surface area (Å²) in [5.74, 6) is 3.82. The summed E-state index contributed by atoms with van der Waals surface area (Å²) in [5.41, 5.74) is 1.05. The van der Waals surface area contributed by atoms with Crippen LogP contribution in [0.1, 0.15) is 42.6 Å². The molecule has 2 aromatic heterocycles. The fourth-order valence-electron chi connectivity index (χ4n) is 3.14. The Hall–Kier alpha value is -1.95. The number of aryl methyl sites for hydroxylation is 1. The Labute approximate surface area is 136 Å². The Balaban J connectivity index is 1.25. The second kappa shape index (κ2) is 6.28. The first-order valence-electron chi connectivity index (χ1n) is 8.48. The standard InChI is InChI=1S/C17H23N5O/c1-12-3-2-4-15(19-12)18-9-13-7-8-22(10-13)11-16-20-17(23-21-16)14-5-6-14/h2-4,13-14H,5-11H2,1H3,(H,18,19). The predicted molar refractivity (Wildman–Crippen MR) is 87.1 cm³/mol. The summed E-state index contributed by atoms with van der Waals surface area (Å²) >= 11 is 0. The second-order valence-corrected chi connectivity index (χ2v) is 6.76. The number of aromatic nitrogens is 3. The molecule has 1 aliphatic heterocycles. The number of nitrogens with one attached hydrogen (secondary N) is 1. The van der Waals surface area contributed by atoms with Gasteiger partial charge in [0.25, 0.3) is 0 Å². The fraction of sp³-hybridized carbons (Fsp3) is 0.588. The molecule has 2 fully saturated rings. The maximum atomic E-state index is 5.33. The Bertz CT molecular complexity index is 667. The van der Waals surface area contributed by atoms with Gasteiger partial charge in [0.2, 0.25) is 5.89 Å². The monoisotopic (exact) mass is 313 g/mol. The molecule has 122 valence electrons. The van der Waals surface area contributed by atoms with Gasteiger partial charge in [0.05, 0.1) is 6.54 Å². The third-order valence-corrected chi connectivity index (χ3v) is 4.61. The Morgan fingerprint density at radius 1 is 1.26 bits per heavy atom. The molecule has 6 nitrogen and oxygen atoms in total. The summed E-state index contributed by atoms with van der Waals surface area (Å²) in [5, 5.41) is 7.57. The van der Waals surface area contributed by atoms with E-state index in [1.807, 2.05) is 25.1 Å². The molecule has 1 aliphatic carbocycles. The fourth-order valence-corrected chi connectivity index (χ4v) is 3.14. The summed E-state index contributed by atoms with van der Waals surface area (Å²) < 4.78 is 5.33. The highest BCUT2D eigenvalue weighted by atomic mass is 16.5. The van der Waals surface area contributed by atoms with Crippen LogP contribution < -0.4 is 5.32 Å². The third kappa shape index (κ3) is 3.69. The van der Waals surface area contributed by atoms with Gasteiger partial charge in [-0.05, 0) is 50.8 Å². The van der Waals surface area contributed by atoms with Crippen LogP contribution in [0.15, 0.2) is 22.7 Å². The zero-order valence-corrected chi connectivity index (χ0v) is 13.5. The van der Waals surface area contributed by atoms with Gasteiger partial charge in [-0.3, -0.25) is 4.90 Å². The van der Waals surface area contributed by atoms with Gasteiger partial charge in [0.15, 0.2) is 5.82 Å². The number of hydrogen-bond donors (Lipinski definition) is 1. The summed E-state index contributed by atoms with van der Waals surface area (Å²) in [6.45, 7) is 5.96. The molecule has 1 N–H and O–H groups in total. The first-order chi connectivity index (χ1) is 11.3. The molecule has 0 bridgehead atoms. The van der Waals surface area contributed by atoms with Gasteiger partial charge < -0.3 is 9.84 Å². The van der Waals surface area contributed by atoms with Crippen molar-refractivity contribution >= 4 is 5.82 Å². The molecule has 0 amide bonds. The maximum Gasteiger partial charge on any atom is 0.229 e. The molecular weight excluding hydrogens is 290 g/mol. The average Bonchev–Trinajstić information content (AvgIpc) is 3.13. The molecule has 4 rings (SSSR count). The number of anilines is 1. The van der Waals surface area contributed by atoms with Gasteiger partial charge in [0.1, 0.15) is 5.82 Å². The minimum Gasteiger partial charge on any atom is -0.370 e. The van der Waals surface area contributed by atoms with Crippen molar-refractivity contribution in [3.05, 3.63) is 35.6 Å². The van der Waals surface area contributed by atoms with E-state index in [0.717, 1.165) is 49.4 Å². The quantitative estimate of drug-likeness (QED) is 0.884. The van der Waals surface area contributed by atoms with E-state index in [4.69, 9.17) is 4.52 Å². The van der Waals surface area contributed by atoms with Crippen LogP contribution in [0.2, 0.25) is 0 Å². The number of likely N-dealkylation sites (tertiary alicyclic amines) is 1. The SMILES string of the molecule is Cc1cccc(NCC2CCN(Cc3noc(C4CC4)n3)C2)n1. The van der Waals surface area contributed by atoms with Crippen molar-refractivity contribution in [3.8, 4) is 0 Å². The molecule has 0 aromatic carbocycles. The zero-order valence-electron chi connectivity index (χ0n) is 13.5. The molecule has 1 unspecified atom stereocenters. The van der Waals surface area contributed by atoms with Crippen LogP contribution in [-0.4, -0.2) is 39.7 Å². The average molecular weight is 313 g/mol. The van der Waals surface area contributed by atoms with Crippen molar-refractivity contribution in [3.63, 3.8) is 0 Å². The smallest absolute Gasteiger partial charge is 0.229 e. The van der Waals surface area contributed by atoms with Crippen LogP contribution in [0, 0.1) is 12.8 Å². The Kier molecular flexibility index (Phi) is 3.99. The number of pyridine rings is 1. The summed E-state index contributed by atoms with van der Waals surface area (Å²) in [6.07, 6.45) is 3.60. The highest BCUT2D eigenvalue weighted by Crippen LogP contribution is 2.38. The summed E-state index contributed by atoms with van der Waals surface area (Å²) in [4.78, 5) is 11.4. The van der Waals surface area contributed by atoms with Crippen LogP contribution >= 0.6 is 0 Å². The largest absolute Gasteiger partial charge is 0.370 e. The molecule has 1 atom stereocenters. The minimum atomic E-state index is 0.536. The summed E-state index contributed by atoms with van der Waals surface area (Å²) in [6, 6.07) is 6.08. The number of hydrogen-bond acceptors (Lipinski definition) is 6. The predicted octanol–water partition coefficient (Wildman–Crippen LogP) is 2.58. The molecule has 6 heteroatoms. The van der Waals surface area contributed by atoms with E-state index in [-0.39, 0.29) is 0 Å².